The van der Waals surface area contributed by atoms with Gasteiger partial charge >= 0.3 is 6.01 Å². The highest BCUT2D eigenvalue weighted by Gasteiger charge is 2.10. The number of aryl methyl sites for hydroxylation is 2. The van der Waals surface area contributed by atoms with E-state index in [1.54, 1.807) is 10.9 Å². The summed E-state index contributed by atoms with van der Waals surface area (Å²) in [6.45, 7) is 8.84. The van der Waals surface area contributed by atoms with E-state index in [1.807, 2.05) is 19.9 Å². The van der Waals surface area contributed by atoms with Gasteiger partial charge in [0.05, 0.1) is 11.4 Å². The van der Waals surface area contributed by atoms with Crippen molar-refractivity contribution in [2.75, 3.05) is 0 Å². The molecule has 2 rings (SSSR count). The summed E-state index contributed by atoms with van der Waals surface area (Å²) in [5.41, 5.74) is 2.87. The molecule has 0 spiro atoms. The van der Waals surface area contributed by atoms with Crippen molar-refractivity contribution in [1.82, 2.24) is 20.1 Å². The predicted molar refractivity (Wildman–Crippen MR) is 65.1 cm³/mol. The molecule has 1 N–H and O–H groups in total. The third kappa shape index (κ3) is 2.74. The molecule has 5 nitrogen and oxygen atoms in total. The number of aromatic nitrogens is 3. The van der Waals surface area contributed by atoms with E-state index >= 15 is 0 Å². The highest BCUT2D eigenvalue weighted by atomic mass is 16.4. The molecule has 5 heteroatoms. The van der Waals surface area contributed by atoms with E-state index in [9.17, 15) is 0 Å². The van der Waals surface area contributed by atoms with Gasteiger partial charge in [0.25, 0.3) is 0 Å². The lowest BCUT2D eigenvalue weighted by molar-refractivity contribution is 0.503. The summed E-state index contributed by atoms with van der Waals surface area (Å²) in [4.78, 5) is 4.40. The summed E-state index contributed by atoms with van der Waals surface area (Å²) in [7, 11) is 0. The molecule has 2 aromatic rings. The summed E-state index contributed by atoms with van der Waals surface area (Å²) in [6.07, 6.45) is 1.67. The Morgan fingerprint density at radius 1 is 1.41 bits per heavy atom. The number of nitrogens with one attached hydrogen (secondary N) is 1. The van der Waals surface area contributed by atoms with Gasteiger partial charge in [0.1, 0.15) is 6.26 Å². The molecule has 2 aromatic heterocycles. The first kappa shape index (κ1) is 11.9. The Morgan fingerprint density at radius 2 is 2.18 bits per heavy atom. The average Bonchev–Trinajstić information content (AvgIpc) is 2.82. The van der Waals surface area contributed by atoms with E-state index in [2.05, 4.69) is 29.2 Å². The van der Waals surface area contributed by atoms with Crippen LogP contribution in [-0.4, -0.2) is 20.8 Å². The van der Waals surface area contributed by atoms with Gasteiger partial charge in [-0.1, -0.05) is 13.8 Å². The zero-order valence-corrected chi connectivity index (χ0v) is 10.7. The van der Waals surface area contributed by atoms with Crippen molar-refractivity contribution in [2.24, 2.45) is 0 Å². The number of hydrogen-bond donors (Lipinski definition) is 1. The highest BCUT2D eigenvalue weighted by molar-refractivity contribution is 5.17. The molecular formula is C12H18N4O. The molecule has 0 radical (unpaired) electrons. The maximum absolute atomic E-state index is 5.43. The van der Waals surface area contributed by atoms with Crippen LogP contribution in [-0.2, 0) is 6.54 Å². The quantitative estimate of drug-likeness (QED) is 0.878. The van der Waals surface area contributed by atoms with Gasteiger partial charge in [-0.25, -0.2) is 0 Å². The van der Waals surface area contributed by atoms with E-state index in [0.29, 0.717) is 18.6 Å². The van der Waals surface area contributed by atoms with Crippen LogP contribution in [0.3, 0.4) is 0 Å². The van der Waals surface area contributed by atoms with Crippen LogP contribution in [0.4, 0.5) is 0 Å². The fourth-order valence-corrected chi connectivity index (χ4v) is 1.61. The van der Waals surface area contributed by atoms with E-state index in [1.165, 1.54) is 0 Å². The zero-order valence-electron chi connectivity index (χ0n) is 10.7. The van der Waals surface area contributed by atoms with Crippen molar-refractivity contribution in [1.29, 1.82) is 0 Å². The lowest BCUT2D eigenvalue weighted by atomic mass is 10.4. The van der Waals surface area contributed by atoms with Crippen LogP contribution in [0.1, 0.15) is 30.9 Å². The van der Waals surface area contributed by atoms with Crippen LogP contribution >= 0.6 is 0 Å². The van der Waals surface area contributed by atoms with Crippen molar-refractivity contribution in [3.8, 4) is 6.01 Å². The Bertz CT molecular complexity index is 498. The maximum atomic E-state index is 5.43. The Balaban J connectivity index is 2.15. The molecule has 2 heterocycles. The Morgan fingerprint density at radius 3 is 2.76 bits per heavy atom. The molecule has 0 aromatic carbocycles. The Hall–Kier alpha value is -1.62. The molecule has 0 saturated carbocycles. The fraction of sp³-hybridized carbons (Fsp3) is 0.500. The lowest BCUT2D eigenvalue weighted by Gasteiger charge is -2.04. The van der Waals surface area contributed by atoms with Gasteiger partial charge in [-0.15, -0.1) is 0 Å². The second kappa shape index (κ2) is 4.71. The first-order valence-corrected chi connectivity index (χ1v) is 5.77. The minimum atomic E-state index is 0.434. The van der Waals surface area contributed by atoms with Crippen molar-refractivity contribution in [2.45, 2.75) is 40.3 Å². The van der Waals surface area contributed by atoms with Crippen LogP contribution in [0.25, 0.3) is 6.01 Å². The van der Waals surface area contributed by atoms with Crippen LogP contribution < -0.4 is 5.32 Å². The van der Waals surface area contributed by atoms with E-state index in [-0.39, 0.29) is 0 Å². The number of hydrogen-bond acceptors (Lipinski definition) is 4. The van der Waals surface area contributed by atoms with Crippen LogP contribution in [0.2, 0.25) is 0 Å². The summed E-state index contributed by atoms with van der Waals surface area (Å²) in [5, 5.41) is 7.62. The predicted octanol–water partition coefficient (Wildman–Crippen LogP) is 1.98. The van der Waals surface area contributed by atoms with Gasteiger partial charge in [-0.2, -0.15) is 14.8 Å². The largest absolute Gasteiger partial charge is 0.430 e. The molecule has 0 fully saturated rings. The third-order valence-electron chi connectivity index (χ3n) is 2.42. The van der Waals surface area contributed by atoms with Crippen LogP contribution in [0, 0.1) is 13.8 Å². The SMILES string of the molecule is Cc1cc(C)n(-c2nc(CNC(C)C)co2)n1. The molecule has 0 saturated heterocycles. The molecule has 0 aliphatic carbocycles. The summed E-state index contributed by atoms with van der Waals surface area (Å²) < 4.78 is 7.14. The van der Waals surface area contributed by atoms with Gasteiger partial charge < -0.3 is 9.73 Å². The Labute approximate surface area is 101 Å². The normalized spacial score (nSPS) is 11.4. The lowest BCUT2D eigenvalue weighted by Crippen LogP contribution is -2.22. The van der Waals surface area contributed by atoms with Gasteiger partial charge in [-0.05, 0) is 19.9 Å². The van der Waals surface area contributed by atoms with Crippen molar-refractivity contribution in [3.05, 3.63) is 29.4 Å². The topological polar surface area (TPSA) is 55.9 Å². The number of oxazole rings is 1. The molecule has 0 aliphatic heterocycles. The summed E-state index contributed by atoms with van der Waals surface area (Å²) in [5.74, 6) is 0. The smallest absolute Gasteiger partial charge is 0.323 e. The first-order chi connectivity index (χ1) is 8.06. The number of nitrogens with zero attached hydrogens (tertiary/aromatic N) is 3. The highest BCUT2D eigenvalue weighted by Crippen LogP contribution is 2.11. The molecule has 0 unspecified atom stereocenters. The molecular weight excluding hydrogens is 216 g/mol. The molecule has 17 heavy (non-hydrogen) atoms. The monoisotopic (exact) mass is 234 g/mol. The third-order valence-corrected chi connectivity index (χ3v) is 2.42. The molecule has 0 aliphatic rings. The van der Waals surface area contributed by atoms with Crippen molar-refractivity contribution >= 4 is 0 Å². The van der Waals surface area contributed by atoms with Gasteiger partial charge in [0.2, 0.25) is 0 Å². The fourth-order valence-electron chi connectivity index (χ4n) is 1.61. The summed E-state index contributed by atoms with van der Waals surface area (Å²) in [6, 6.07) is 2.95. The van der Waals surface area contributed by atoms with E-state index in [4.69, 9.17) is 4.42 Å². The average molecular weight is 234 g/mol. The number of rotatable bonds is 4. The summed E-state index contributed by atoms with van der Waals surface area (Å²) >= 11 is 0. The molecule has 0 bridgehead atoms. The van der Waals surface area contributed by atoms with Gasteiger partial charge in [0, 0.05) is 18.3 Å². The standard InChI is InChI=1S/C12H18N4O/c1-8(2)13-6-11-7-17-12(14-11)16-10(4)5-9(3)15-16/h5,7-8,13H,6H2,1-4H3. The first-order valence-electron chi connectivity index (χ1n) is 5.77. The molecule has 92 valence electrons. The zero-order chi connectivity index (χ0) is 12.4. The second-order valence-corrected chi connectivity index (χ2v) is 4.50. The van der Waals surface area contributed by atoms with Gasteiger partial charge in [-0.3, -0.25) is 0 Å². The Kier molecular flexibility index (Phi) is 3.28. The van der Waals surface area contributed by atoms with Gasteiger partial charge in [0.15, 0.2) is 0 Å². The second-order valence-electron chi connectivity index (χ2n) is 4.50. The maximum Gasteiger partial charge on any atom is 0.323 e. The van der Waals surface area contributed by atoms with E-state index in [0.717, 1.165) is 17.1 Å². The minimum Gasteiger partial charge on any atom is -0.430 e. The minimum absolute atomic E-state index is 0.434. The van der Waals surface area contributed by atoms with Crippen LogP contribution in [0.15, 0.2) is 16.7 Å². The van der Waals surface area contributed by atoms with Crippen LogP contribution in [0.5, 0.6) is 0 Å². The molecule has 0 atom stereocenters. The van der Waals surface area contributed by atoms with Crippen molar-refractivity contribution in [3.63, 3.8) is 0 Å². The van der Waals surface area contributed by atoms with E-state index < -0.39 is 0 Å². The van der Waals surface area contributed by atoms with Crippen molar-refractivity contribution < 1.29 is 4.42 Å². The molecule has 0 amide bonds.